The zero-order valence-corrected chi connectivity index (χ0v) is 18.8. The van der Waals surface area contributed by atoms with Crippen LogP contribution in [0.4, 0.5) is 0 Å². The quantitative estimate of drug-likeness (QED) is 0.721. The van der Waals surface area contributed by atoms with Gasteiger partial charge in [-0.05, 0) is 68.3 Å². The molecular formula is C25H32N2O5. The number of ether oxygens (including phenoxy) is 2. The summed E-state index contributed by atoms with van der Waals surface area (Å²) in [5.74, 6) is -0.479. The largest absolute Gasteiger partial charge is 0.462 e. The van der Waals surface area contributed by atoms with Gasteiger partial charge in [-0.2, -0.15) is 0 Å². The molecule has 5 rings (SSSR count). The molecule has 4 aliphatic rings. The van der Waals surface area contributed by atoms with E-state index in [1.165, 1.54) is 0 Å². The van der Waals surface area contributed by atoms with Gasteiger partial charge in [-0.15, -0.1) is 0 Å². The topological polar surface area (TPSA) is 79.3 Å². The van der Waals surface area contributed by atoms with Crippen molar-refractivity contribution in [2.24, 2.45) is 5.41 Å². The number of aliphatic hydroxyl groups excluding tert-OH is 1. The van der Waals surface area contributed by atoms with Crippen LogP contribution >= 0.6 is 0 Å². The molecule has 7 heteroatoms. The first kappa shape index (κ1) is 21.5. The van der Waals surface area contributed by atoms with E-state index >= 15 is 0 Å². The fourth-order valence-electron chi connectivity index (χ4n) is 5.81. The molecule has 0 radical (unpaired) electrons. The van der Waals surface area contributed by atoms with Gasteiger partial charge in [0.1, 0.15) is 6.61 Å². The highest BCUT2D eigenvalue weighted by molar-refractivity contribution is 5.94. The second-order valence-electron chi connectivity index (χ2n) is 9.74. The van der Waals surface area contributed by atoms with Gasteiger partial charge in [0.2, 0.25) is 0 Å². The fraction of sp³-hybridized carbons (Fsp3) is 0.600. The van der Waals surface area contributed by atoms with Gasteiger partial charge < -0.3 is 24.4 Å². The second kappa shape index (κ2) is 8.52. The van der Waals surface area contributed by atoms with E-state index in [-0.39, 0.29) is 11.9 Å². The molecule has 1 spiro atoms. The Bertz CT molecular complexity index is 938. The van der Waals surface area contributed by atoms with Crippen molar-refractivity contribution >= 4 is 11.9 Å². The minimum atomic E-state index is -0.565. The van der Waals surface area contributed by atoms with Crippen LogP contribution in [0.5, 0.6) is 0 Å². The second-order valence-corrected chi connectivity index (χ2v) is 9.74. The Balaban J connectivity index is 1.15. The van der Waals surface area contributed by atoms with Crippen LogP contribution in [0.25, 0.3) is 0 Å². The van der Waals surface area contributed by atoms with Gasteiger partial charge in [-0.25, -0.2) is 9.59 Å². The molecule has 7 nitrogen and oxygen atoms in total. The van der Waals surface area contributed by atoms with Gasteiger partial charge in [-0.3, -0.25) is 0 Å². The molecule has 1 atom stereocenters. The predicted molar refractivity (Wildman–Crippen MR) is 118 cm³/mol. The van der Waals surface area contributed by atoms with Crippen molar-refractivity contribution in [2.75, 3.05) is 39.3 Å². The molecule has 4 aliphatic heterocycles. The fourth-order valence-corrected chi connectivity index (χ4v) is 5.81. The van der Waals surface area contributed by atoms with Crippen LogP contribution in [0.3, 0.4) is 0 Å². The lowest BCUT2D eigenvalue weighted by molar-refractivity contribution is -0.139. The number of likely N-dealkylation sites (tertiary alicyclic amines) is 2. The number of carbonyl (C=O) groups is 2. The third kappa shape index (κ3) is 4.04. The summed E-state index contributed by atoms with van der Waals surface area (Å²) < 4.78 is 10.2. The molecule has 32 heavy (non-hydrogen) atoms. The minimum Gasteiger partial charge on any atom is -0.462 e. The SMILES string of the molecule is Cc1c([C@@H](O)CN2CCC3(CC2)CCN(C2=CC(=O)OCC2)CC3)ccc2c1COC2=O. The molecule has 2 fully saturated rings. The molecule has 0 bridgehead atoms. The highest BCUT2D eigenvalue weighted by Crippen LogP contribution is 2.42. The first-order chi connectivity index (χ1) is 15.4. The molecule has 172 valence electrons. The number of aliphatic hydroxyl groups is 1. The minimum absolute atomic E-state index is 0.212. The lowest BCUT2D eigenvalue weighted by Gasteiger charge is -2.48. The Morgan fingerprint density at radius 2 is 1.78 bits per heavy atom. The van der Waals surface area contributed by atoms with E-state index in [1.54, 1.807) is 12.1 Å². The van der Waals surface area contributed by atoms with Gasteiger partial charge in [0, 0.05) is 43.4 Å². The number of fused-ring (bicyclic) bond motifs is 1. The van der Waals surface area contributed by atoms with Crippen LogP contribution in [0.15, 0.2) is 23.9 Å². The predicted octanol–water partition coefficient (Wildman–Crippen LogP) is 2.71. The maximum absolute atomic E-state index is 11.8. The van der Waals surface area contributed by atoms with Crippen LogP contribution in [0, 0.1) is 12.3 Å². The van der Waals surface area contributed by atoms with Crippen LogP contribution in [-0.4, -0.2) is 66.2 Å². The highest BCUT2D eigenvalue weighted by atomic mass is 16.5. The Hall–Kier alpha value is -2.38. The molecule has 0 unspecified atom stereocenters. The average molecular weight is 441 g/mol. The zero-order chi connectivity index (χ0) is 22.3. The van der Waals surface area contributed by atoms with Crippen molar-refractivity contribution in [3.8, 4) is 0 Å². The molecule has 0 saturated carbocycles. The summed E-state index contributed by atoms with van der Waals surface area (Å²) in [6, 6.07) is 3.67. The maximum atomic E-state index is 11.8. The summed E-state index contributed by atoms with van der Waals surface area (Å²) in [6.07, 6.45) is 6.55. The van der Waals surface area contributed by atoms with E-state index < -0.39 is 6.10 Å². The summed E-state index contributed by atoms with van der Waals surface area (Å²) in [4.78, 5) is 28.1. The summed E-state index contributed by atoms with van der Waals surface area (Å²) in [7, 11) is 0. The number of cyclic esters (lactones) is 2. The molecule has 1 N–H and O–H groups in total. The molecule has 0 aliphatic carbocycles. The molecule has 0 aromatic heterocycles. The number of hydrogen-bond acceptors (Lipinski definition) is 7. The Labute approximate surface area is 189 Å². The Morgan fingerprint density at radius 1 is 1.06 bits per heavy atom. The average Bonchev–Trinajstić information content (AvgIpc) is 3.18. The maximum Gasteiger partial charge on any atom is 0.338 e. The third-order valence-electron chi connectivity index (χ3n) is 8.03. The Morgan fingerprint density at radius 3 is 2.50 bits per heavy atom. The number of nitrogens with zero attached hydrogens (tertiary/aromatic N) is 2. The van der Waals surface area contributed by atoms with E-state index in [0.29, 0.717) is 30.7 Å². The summed E-state index contributed by atoms with van der Waals surface area (Å²) in [5, 5.41) is 10.9. The van der Waals surface area contributed by atoms with Gasteiger partial charge >= 0.3 is 11.9 Å². The molecule has 1 aromatic carbocycles. The van der Waals surface area contributed by atoms with Crippen molar-refractivity contribution in [1.82, 2.24) is 9.80 Å². The van der Waals surface area contributed by atoms with Crippen LogP contribution in [0.1, 0.15) is 65.3 Å². The van der Waals surface area contributed by atoms with Crippen LogP contribution in [0.2, 0.25) is 0 Å². The number of esters is 2. The monoisotopic (exact) mass is 440 g/mol. The lowest BCUT2D eigenvalue weighted by Crippen LogP contribution is -2.47. The van der Waals surface area contributed by atoms with E-state index in [9.17, 15) is 14.7 Å². The van der Waals surface area contributed by atoms with Crippen LogP contribution in [-0.2, 0) is 20.9 Å². The first-order valence-electron chi connectivity index (χ1n) is 11.8. The first-order valence-corrected chi connectivity index (χ1v) is 11.8. The zero-order valence-electron chi connectivity index (χ0n) is 18.8. The van der Waals surface area contributed by atoms with Crippen LogP contribution < -0.4 is 0 Å². The van der Waals surface area contributed by atoms with Gasteiger partial charge in [0.15, 0.2) is 0 Å². The lowest BCUT2D eigenvalue weighted by atomic mass is 9.71. The normalized spacial score (nSPS) is 24.1. The number of β-amino-alcohol motifs (C(OH)–C–C–N with tert-alkyl or cyclic N) is 1. The van der Waals surface area contributed by atoms with E-state index in [2.05, 4.69) is 9.80 Å². The number of hydrogen-bond donors (Lipinski definition) is 1. The number of benzene rings is 1. The molecule has 0 amide bonds. The van der Waals surface area contributed by atoms with Gasteiger partial charge in [-0.1, -0.05) is 6.07 Å². The third-order valence-corrected chi connectivity index (χ3v) is 8.03. The van der Waals surface area contributed by atoms with Gasteiger partial charge in [0.05, 0.1) is 18.3 Å². The van der Waals surface area contributed by atoms with E-state index in [4.69, 9.17) is 9.47 Å². The molecule has 2 saturated heterocycles. The Kier molecular flexibility index (Phi) is 5.72. The van der Waals surface area contributed by atoms with Crippen molar-refractivity contribution < 1.29 is 24.2 Å². The number of rotatable bonds is 4. The molecule has 4 heterocycles. The molecule has 1 aromatic rings. The van der Waals surface area contributed by atoms with E-state index in [0.717, 1.165) is 80.7 Å². The van der Waals surface area contributed by atoms with E-state index in [1.807, 2.05) is 13.0 Å². The highest BCUT2D eigenvalue weighted by Gasteiger charge is 2.38. The summed E-state index contributed by atoms with van der Waals surface area (Å²) in [6.45, 7) is 7.41. The smallest absolute Gasteiger partial charge is 0.338 e. The van der Waals surface area contributed by atoms with Crippen molar-refractivity contribution in [2.45, 2.75) is 51.7 Å². The summed E-state index contributed by atoms with van der Waals surface area (Å²) >= 11 is 0. The molecular weight excluding hydrogens is 408 g/mol. The van der Waals surface area contributed by atoms with Gasteiger partial charge in [0.25, 0.3) is 0 Å². The van der Waals surface area contributed by atoms with Crippen molar-refractivity contribution in [3.05, 3.63) is 46.2 Å². The van der Waals surface area contributed by atoms with Crippen molar-refractivity contribution in [1.29, 1.82) is 0 Å². The standard InChI is InChI=1S/C25H32N2O5/c1-17-19(2-3-20-21(17)16-32-24(20)30)22(28)15-26-9-5-25(6-10-26)7-11-27(12-8-25)18-4-13-31-23(29)14-18/h2-3,14,22,28H,4-13,15-16H2,1H3/t22-/m0/s1. The van der Waals surface area contributed by atoms with Crippen molar-refractivity contribution in [3.63, 3.8) is 0 Å². The number of piperidine rings is 2. The summed E-state index contributed by atoms with van der Waals surface area (Å²) in [5.41, 5.74) is 4.93. The number of carbonyl (C=O) groups excluding carboxylic acids is 2.